The predicted octanol–water partition coefficient (Wildman–Crippen LogP) is 4.22. The summed E-state index contributed by atoms with van der Waals surface area (Å²) in [4.78, 5) is 12.9. The van der Waals surface area contributed by atoms with Crippen molar-refractivity contribution >= 4 is 29.1 Å². The van der Waals surface area contributed by atoms with Crippen LogP contribution in [0.2, 0.25) is 5.02 Å². The van der Waals surface area contributed by atoms with Gasteiger partial charge in [-0.05, 0) is 25.1 Å². The molecule has 1 aromatic carbocycles. The third-order valence-corrected chi connectivity index (χ3v) is 3.81. The van der Waals surface area contributed by atoms with Gasteiger partial charge in [-0.3, -0.25) is 4.79 Å². The molecule has 0 saturated heterocycles. The first-order valence-corrected chi connectivity index (χ1v) is 6.49. The number of hydrogen-bond acceptors (Lipinski definition) is 3. The van der Waals surface area contributed by atoms with Crippen molar-refractivity contribution in [3.8, 4) is 0 Å². The Bertz CT molecular complexity index is 534. The third kappa shape index (κ3) is 2.93. The van der Waals surface area contributed by atoms with E-state index in [9.17, 15) is 4.79 Å². The summed E-state index contributed by atoms with van der Waals surface area (Å²) in [6, 6.07) is 8.95. The van der Waals surface area contributed by atoms with Crippen LogP contribution in [-0.2, 0) is 0 Å². The largest absolute Gasteiger partial charge is 0.468 e. The Labute approximate surface area is 109 Å². The molecule has 1 heterocycles. The van der Waals surface area contributed by atoms with Crippen molar-refractivity contribution in [3.63, 3.8) is 0 Å². The molecule has 4 heteroatoms. The summed E-state index contributed by atoms with van der Waals surface area (Å²) in [6.07, 6.45) is 1.62. The number of halogens is 1. The van der Waals surface area contributed by atoms with Crippen LogP contribution in [0.15, 0.2) is 45.9 Å². The van der Waals surface area contributed by atoms with E-state index in [1.165, 1.54) is 11.8 Å². The molecule has 0 saturated carbocycles. The molecular formula is C13H11ClO2S. The molecule has 0 aliphatic carbocycles. The van der Waals surface area contributed by atoms with Crippen LogP contribution in [0.25, 0.3) is 0 Å². The fraction of sp³-hybridized carbons (Fsp3) is 0.154. The van der Waals surface area contributed by atoms with E-state index in [1.54, 1.807) is 18.4 Å². The minimum absolute atomic E-state index is 0.0289. The average Bonchev–Trinajstić information content (AvgIpc) is 2.72. The summed E-state index contributed by atoms with van der Waals surface area (Å²) in [7, 11) is 0. The topological polar surface area (TPSA) is 30.2 Å². The summed E-state index contributed by atoms with van der Waals surface area (Å²) in [6.45, 7) is 1.88. The molecule has 0 spiro atoms. The van der Waals surface area contributed by atoms with Gasteiger partial charge in [-0.1, -0.05) is 23.7 Å². The fourth-order valence-electron chi connectivity index (χ4n) is 1.43. The van der Waals surface area contributed by atoms with Gasteiger partial charge in [0.1, 0.15) is 5.76 Å². The standard InChI is InChI=1S/C13H11ClO2S/c1-9-13(6-7-16-9)17-8-12(15)10-4-2-3-5-11(10)14/h2-7H,8H2,1H3. The summed E-state index contributed by atoms with van der Waals surface area (Å²) in [5.74, 6) is 1.23. The van der Waals surface area contributed by atoms with E-state index in [2.05, 4.69) is 0 Å². The molecule has 0 N–H and O–H groups in total. The zero-order chi connectivity index (χ0) is 12.3. The molecule has 1 aromatic heterocycles. The molecular weight excluding hydrogens is 256 g/mol. The monoisotopic (exact) mass is 266 g/mol. The minimum Gasteiger partial charge on any atom is -0.468 e. The summed E-state index contributed by atoms with van der Waals surface area (Å²) < 4.78 is 5.17. The van der Waals surface area contributed by atoms with E-state index in [0.29, 0.717) is 16.3 Å². The minimum atomic E-state index is 0.0289. The molecule has 17 heavy (non-hydrogen) atoms. The van der Waals surface area contributed by atoms with Crippen molar-refractivity contribution in [2.75, 3.05) is 5.75 Å². The lowest BCUT2D eigenvalue weighted by molar-refractivity contribution is 0.102. The SMILES string of the molecule is Cc1occc1SCC(=O)c1ccccc1Cl. The Kier molecular flexibility index (Phi) is 3.92. The number of benzene rings is 1. The first kappa shape index (κ1) is 12.3. The number of furan rings is 1. The second kappa shape index (κ2) is 5.43. The highest BCUT2D eigenvalue weighted by Crippen LogP contribution is 2.25. The van der Waals surface area contributed by atoms with Crippen molar-refractivity contribution in [2.24, 2.45) is 0 Å². The van der Waals surface area contributed by atoms with Crippen LogP contribution in [0.3, 0.4) is 0 Å². The van der Waals surface area contributed by atoms with Gasteiger partial charge in [-0.25, -0.2) is 0 Å². The smallest absolute Gasteiger partial charge is 0.174 e. The highest BCUT2D eigenvalue weighted by Gasteiger charge is 2.11. The van der Waals surface area contributed by atoms with Crippen LogP contribution in [-0.4, -0.2) is 11.5 Å². The highest BCUT2D eigenvalue weighted by atomic mass is 35.5. The zero-order valence-corrected chi connectivity index (χ0v) is 10.8. The van der Waals surface area contributed by atoms with Crippen molar-refractivity contribution in [3.05, 3.63) is 52.9 Å². The lowest BCUT2D eigenvalue weighted by Gasteiger charge is -2.02. The second-order valence-electron chi connectivity index (χ2n) is 3.53. The zero-order valence-electron chi connectivity index (χ0n) is 9.27. The number of aryl methyl sites for hydroxylation is 1. The second-order valence-corrected chi connectivity index (χ2v) is 4.96. The fourth-order valence-corrected chi connectivity index (χ4v) is 2.52. The molecule has 0 aliphatic rings. The van der Waals surface area contributed by atoms with Crippen LogP contribution < -0.4 is 0 Å². The van der Waals surface area contributed by atoms with Crippen molar-refractivity contribution in [2.45, 2.75) is 11.8 Å². The van der Waals surface area contributed by atoms with Gasteiger partial charge >= 0.3 is 0 Å². The van der Waals surface area contributed by atoms with Crippen molar-refractivity contribution in [1.29, 1.82) is 0 Å². The molecule has 0 atom stereocenters. The number of ketones is 1. The molecule has 2 nitrogen and oxygen atoms in total. The van der Waals surface area contributed by atoms with Crippen LogP contribution in [0.5, 0.6) is 0 Å². The van der Waals surface area contributed by atoms with Crippen LogP contribution in [0.1, 0.15) is 16.1 Å². The summed E-state index contributed by atoms with van der Waals surface area (Å²) >= 11 is 7.43. The Balaban J connectivity index is 2.04. The number of carbonyl (C=O) groups is 1. The number of rotatable bonds is 4. The number of hydrogen-bond donors (Lipinski definition) is 0. The molecule has 0 radical (unpaired) electrons. The van der Waals surface area contributed by atoms with Gasteiger partial charge in [0.25, 0.3) is 0 Å². The molecule has 0 bridgehead atoms. The summed E-state index contributed by atoms with van der Waals surface area (Å²) in [5.41, 5.74) is 0.572. The highest BCUT2D eigenvalue weighted by molar-refractivity contribution is 8.00. The predicted molar refractivity (Wildman–Crippen MR) is 70.0 cm³/mol. The Hall–Kier alpha value is -1.19. The Morgan fingerprint density at radius 2 is 2.12 bits per heavy atom. The van der Waals surface area contributed by atoms with Gasteiger partial charge in [-0.15, -0.1) is 11.8 Å². The van der Waals surface area contributed by atoms with Gasteiger partial charge in [-0.2, -0.15) is 0 Å². The van der Waals surface area contributed by atoms with Crippen LogP contribution in [0.4, 0.5) is 0 Å². The van der Waals surface area contributed by atoms with Gasteiger partial charge in [0.05, 0.1) is 17.0 Å². The van der Waals surface area contributed by atoms with E-state index in [1.807, 2.05) is 25.1 Å². The maximum absolute atomic E-state index is 11.9. The molecule has 0 amide bonds. The van der Waals surface area contributed by atoms with Gasteiger partial charge in [0.15, 0.2) is 5.78 Å². The van der Waals surface area contributed by atoms with E-state index in [-0.39, 0.29) is 5.78 Å². The molecule has 2 rings (SSSR count). The average molecular weight is 267 g/mol. The molecule has 88 valence electrons. The van der Waals surface area contributed by atoms with Gasteiger partial charge in [0.2, 0.25) is 0 Å². The number of Topliss-reactive ketones (excluding diaryl/α,β-unsaturated/α-hetero) is 1. The molecule has 0 fully saturated rings. The number of thioether (sulfide) groups is 1. The number of carbonyl (C=O) groups excluding carboxylic acids is 1. The Morgan fingerprint density at radius 3 is 2.76 bits per heavy atom. The van der Waals surface area contributed by atoms with Crippen LogP contribution in [0, 0.1) is 6.92 Å². The molecule has 2 aromatic rings. The lowest BCUT2D eigenvalue weighted by Crippen LogP contribution is -2.02. The van der Waals surface area contributed by atoms with E-state index in [0.717, 1.165) is 10.7 Å². The Morgan fingerprint density at radius 1 is 1.35 bits per heavy atom. The first-order valence-electron chi connectivity index (χ1n) is 5.13. The maximum Gasteiger partial charge on any atom is 0.174 e. The first-order chi connectivity index (χ1) is 8.18. The molecule has 0 unspecified atom stereocenters. The normalized spacial score (nSPS) is 10.5. The third-order valence-electron chi connectivity index (χ3n) is 2.34. The lowest BCUT2D eigenvalue weighted by atomic mass is 10.1. The van der Waals surface area contributed by atoms with E-state index in [4.69, 9.17) is 16.0 Å². The quantitative estimate of drug-likeness (QED) is 0.613. The van der Waals surface area contributed by atoms with Crippen molar-refractivity contribution in [1.82, 2.24) is 0 Å². The van der Waals surface area contributed by atoms with Crippen molar-refractivity contribution < 1.29 is 9.21 Å². The van der Waals surface area contributed by atoms with E-state index >= 15 is 0 Å². The van der Waals surface area contributed by atoms with Gasteiger partial charge in [0, 0.05) is 10.5 Å². The summed E-state index contributed by atoms with van der Waals surface area (Å²) in [5, 5.41) is 0.502. The van der Waals surface area contributed by atoms with E-state index < -0.39 is 0 Å². The van der Waals surface area contributed by atoms with Gasteiger partial charge < -0.3 is 4.42 Å². The van der Waals surface area contributed by atoms with Crippen LogP contribution >= 0.6 is 23.4 Å². The maximum atomic E-state index is 11.9. The molecule has 0 aliphatic heterocycles.